The van der Waals surface area contributed by atoms with Crippen molar-refractivity contribution in [3.63, 3.8) is 0 Å². The summed E-state index contributed by atoms with van der Waals surface area (Å²) < 4.78 is 26.9. The van der Waals surface area contributed by atoms with E-state index < -0.39 is 14.9 Å². The van der Waals surface area contributed by atoms with E-state index in [0.717, 1.165) is 17.7 Å². The van der Waals surface area contributed by atoms with Crippen molar-refractivity contribution in [2.75, 3.05) is 10.5 Å². The number of nitrogens with two attached hydrogens (primary N) is 1. The van der Waals surface area contributed by atoms with Crippen molar-refractivity contribution in [2.45, 2.75) is 11.8 Å². The van der Waals surface area contributed by atoms with Gasteiger partial charge in [0.2, 0.25) is 0 Å². The van der Waals surface area contributed by atoms with E-state index >= 15 is 0 Å². The van der Waals surface area contributed by atoms with Gasteiger partial charge < -0.3 is 5.73 Å². The number of hydrogen-bond donors (Lipinski definition) is 2. The Morgan fingerprint density at radius 2 is 1.90 bits per heavy atom. The van der Waals surface area contributed by atoms with E-state index in [1.807, 2.05) is 13.0 Å². The number of benzene rings is 2. The van der Waals surface area contributed by atoms with E-state index in [1.165, 1.54) is 6.07 Å². The molecule has 0 aliphatic rings. The maximum absolute atomic E-state index is 12.3. The quantitative estimate of drug-likeness (QED) is 0.511. The number of anilines is 2. The van der Waals surface area contributed by atoms with E-state index in [1.54, 1.807) is 18.2 Å². The number of non-ortho nitro benzene ring substituents is 1. The molecule has 0 aromatic heterocycles. The Kier molecular flexibility index (Phi) is 3.81. The van der Waals surface area contributed by atoms with Gasteiger partial charge in [0, 0.05) is 17.8 Å². The molecule has 0 bridgehead atoms. The summed E-state index contributed by atoms with van der Waals surface area (Å²) >= 11 is 0. The van der Waals surface area contributed by atoms with Crippen molar-refractivity contribution >= 4 is 27.1 Å². The van der Waals surface area contributed by atoms with Crippen molar-refractivity contribution in [3.05, 3.63) is 58.1 Å². The van der Waals surface area contributed by atoms with Gasteiger partial charge in [0.25, 0.3) is 15.7 Å². The Bertz CT molecular complexity index is 803. The molecule has 110 valence electrons. The predicted octanol–water partition coefficient (Wildman–Crippen LogP) is 2.29. The molecule has 2 rings (SSSR count). The van der Waals surface area contributed by atoms with Gasteiger partial charge in [-0.25, -0.2) is 8.42 Å². The molecule has 0 atom stereocenters. The van der Waals surface area contributed by atoms with Crippen molar-refractivity contribution in [3.8, 4) is 0 Å². The maximum Gasteiger partial charge on any atom is 0.270 e. The van der Waals surface area contributed by atoms with Crippen LogP contribution in [0.1, 0.15) is 5.56 Å². The molecule has 0 unspecified atom stereocenters. The summed E-state index contributed by atoms with van der Waals surface area (Å²) in [7, 11) is -4.00. The van der Waals surface area contributed by atoms with Crippen molar-refractivity contribution < 1.29 is 13.3 Å². The third kappa shape index (κ3) is 3.29. The second-order valence-corrected chi connectivity index (χ2v) is 6.11. The summed E-state index contributed by atoms with van der Waals surface area (Å²) in [6.45, 7) is 1.82. The van der Waals surface area contributed by atoms with E-state index in [0.29, 0.717) is 5.69 Å². The summed E-state index contributed by atoms with van der Waals surface area (Å²) in [5.74, 6) is 0. The highest BCUT2D eigenvalue weighted by molar-refractivity contribution is 7.92. The zero-order valence-corrected chi connectivity index (χ0v) is 11.9. The molecule has 21 heavy (non-hydrogen) atoms. The second kappa shape index (κ2) is 5.41. The van der Waals surface area contributed by atoms with Crippen molar-refractivity contribution in [1.82, 2.24) is 0 Å². The third-order valence-electron chi connectivity index (χ3n) is 2.77. The lowest BCUT2D eigenvalue weighted by atomic mass is 10.2. The molecule has 0 aliphatic carbocycles. The number of sulfonamides is 1. The van der Waals surface area contributed by atoms with E-state index in [9.17, 15) is 18.5 Å². The van der Waals surface area contributed by atoms with Crippen molar-refractivity contribution in [1.29, 1.82) is 0 Å². The number of aryl methyl sites for hydroxylation is 1. The normalized spacial score (nSPS) is 11.1. The first kappa shape index (κ1) is 14.8. The Balaban J connectivity index is 2.44. The summed E-state index contributed by atoms with van der Waals surface area (Å²) in [5.41, 5.74) is 6.46. The first-order chi connectivity index (χ1) is 9.79. The second-order valence-electron chi connectivity index (χ2n) is 4.45. The number of rotatable bonds is 4. The predicted molar refractivity (Wildman–Crippen MR) is 79.5 cm³/mol. The van der Waals surface area contributed by atoms with Crippen LogP contribution in [0.3, 0.4) is 0 Å². The summed E-state index contributed by atoms with van der Waals surface area (Å²) in [6.07, 6.45) is 0. The highest BCUT2D eigenvalue weighted by atomic mass is 32.2. The van der Waals surface area contributed by atoms with Gasteiger partial charge in [0.05, 0.1) is 10.6 Å². The standard InChI is InChI=1S/C13H13N3O4S/c1-9-3-2-4-10(7-9)15-21(19,20)13-8-11(16(17)18)5-6-12(13)14/h2-8,15H,14H2,1H3. The molecule has 0 fully saturated rings. The summed E-state index contributed by atoms with van der Waals surface area (Å²) in [4.78, 5) is 9.75. The fourth-order valence-electron chi connectivity index (χ4n) is 1.79. The lowest BCUT2D eigenvalue weighted by Crippen LogP contribution is -2.15. The lowest BCUT2D eigenvalue weighted by molar-refractivity contribution is -0.385. The molecule has 8 heteroatoms. The van der Waals surface area contributed by atoms with Crippen LogP contribution in [0.25, 0.3) is 0 Å². The minimum atomic E-state index is -4.00. The molecule has 2 aromatic rings. The van der Waals surface area contributed by atoms with Gasteiger partial charge in [-0.1, -0.05) is 12.1 Å². The molecule has 2 aromatic carbocycles. The monoisotopic (exact) mass is 307 g/mol. The number of nitrogens with zero attached hydrogens (tertiary/aromatic N) is 1. The summed E-state index contributed by atoms with van der Waals surface area (Å²) in [6, 6.07) is 10.0. The fraction of sp³-hybridized carbons (Fsp3) is 0.0769. The first-order valence-electron chi connectivity index (χ1n) is 5.93. The molecule has 0 saturated heterocycles. The Hall–Kier alpha value is -2.61. The Morgan fingerprint density at radius 3 is 2.52 bits per heavy atom. The molecule has 0 heterocycles. The highest BCUT2D eigenvalue weighted by Gasteiger charge is 2.21. The number of nitro groups is 1. The van der Waals surface area contributed by atoms with E-state index in [2.05, 4.69) is 4.72 Å². The average Bonchev–Trinajstić information content (AvgIpc) is 2.38. The van der Waals surface area contributed by atoms with Crippen LogP contribution in [-0.4, -0.2) is 13.3 Å². The average molecular weight is 307 g/mol. The van der Waals surface area contributed by atoms with Crippen LogP contribution < -0.4 is 10.5 Å². The molecule has 0 saturated carbocycles. The van der Waals surface area contributed by atoms with Crippen LogP contribution in [0.15, 0.2) is 47.4 Å². The molecular weight excluding hydrogens is 294 g/mol. The number of nitrogens with one attached hydrogen (secondary N) is 1. The Morgan fingerprint density at radius 1 is 1.19 bits per heavy atom. The molecule has 0 amide bonds. The minimum absolute atomic E-state index is 0.0549. The molecule has 3 N–H and O–H groups in total. The molecular formula is C13H13N3O4S. The van der Waals surface area contributed by atoms with Gasteiger partial charge in [-0.05, 0) is 30.7 Å². The zero-order chi connectivity index (χ0) is 15.6. The largest absolute Gasteiger partial charge is 0.398 e. The van der Waals surface area contributed by atoms with Gasteiger partial charge >= 0.3 is 0 Å². The molecule has 0 aliphatic heterocycles. The van der Waals surface area contributed by atoms with Gasteiger partial charge in [-0.3, -0.25) is 14.8 Å². The van der Waals surface area contributed by atoms with E-state index in [-0.39, 0.29) is 16.3 Å². The van der Waals surface area contributed by atoms with E-state index in [4.69, 9.17) is 5.73 Å². The third-order valence-corrected chi connectivity index (χ3v) is 4.20. The van der Waals surface area contributed by atoms with Crippen molar-refractivity contribution in [2.24, 2.45) is 0 Å². The van der Waals surface area contributed by atoms with Gasteiger partial charge in [-0.2, -0.15) is 0 Å². The maximum atomic E-state index is 12.3. The zero-order valence-electron chi connectivity index (χ0n) is 11.1. The smallest absolute Gasteiger partial charge is 0.270 e. The van der Waals surface area contributed by atoms with Crippen LogP contribution in [-0.2, 0) is 10.0 Å². The van der Waals surface area contributed by atoms with Gasteiger partial charge in [0.15, 0.2) is 0 Å². The fourth-order valence-corrected chi connectivity index (χ4v) is 2.99. The van der Waals surface area contributed by atoms with Crippen LogP contribution in [0, 0.1) is 17.0 Å². The SMILES string of the molecule is Cc1cccc(NS(=O)(=O)c2cc([N+](=O)[O-])ccc2N)c1. The van der Waals surface area contributed by atoms with Crippen LogP contribution in [0.4, 0.5) is 17.1 Å². The molecule has 0 spiro atoms. The number of nitro benzene ring substituents is 1. The highest BCUT2D eigenvalue weighted by Crippen LogP contribution is 2.26. The molecule has 0 radical (unpaired) electrons. The topological polar surface area (TPSA) is 115 Å². The first-order valence-corrected chi connectivity index (χ1v) is 7.41. The van der Waals surface area contributed by atoms with Gasteiger partial charge in [0.1, 0.15) is 4.90 Å². The van der Waals surface area contributed by atoms with Crippen LogP contribution in [0.5, 0.6) is 0 Å². The molecule has 7 nitrogen and oxygen atoms in total. The minimum Gasteiger partial charge on any atom is -0.398 e. The van der Waals surface area contributed by atoms with Crippen LogP contribution >= 0.6 is 0 Å². The Labute approximate surface area is 121 Å². The summed E-state index contributed by atoms with van der Waals surface area (Å²) in [5, 5.41) is 10.7. The number of hydrogen-bond acceptors (Lipinski definition) is 5. The van der Waals surface area contributed by atoms with Crippen LogP contribution in [0.2, 0.25) is 0 Å². The number of nitrogen functional groups attached to an aromatic ring is 1. The lowest BCUT2D eigenvalue weighted by Gasteiger charge is -2.10. The van der Waals surface area contributed by atoms with Gasteiger partial charge in [-0.15, -0.1) is 0 Å².